The molecule has 0 saturated carbocycles. The molecule has 2 heterocycles. The first-order valence-corrected chi connectivity index (χ1v) is 9.55. The van der Waals surface area contributed by atoms with Gasteiger partial charge in [-0.3, -0.25) is 4.79 Å². The highest BCUT2D eigenvalue weighted by molar-refractivity contribution is 9.10. The fraction of sp³-hybridized carbons (Fsp3) is 0.389. The van der Waals surface area contributed by atoms with Crippen LogP contribution in [0.4, 0.5) is 5.82 Å². The fourth-order valence-corrected chi connectivity index (χ4v) is 3.61. The van der Waals surface area contributed by atoms with Gasteiger partial charge in [0.25, 0.3) is 5.91 Å². The number of amides is 1. The Bertz CT molecular complexity index is 797. The van der Waals surface area contributed by atoms with Crippen molar-refractivity contribution in [3.63, 3.8) is 0 Å². The zero-order chi connectivity index (χ0) is 18.7. The van der Waals surface area contributed by atoms with Crippen molar-refractivity contribution >= 4 is 39.3 Å². The van der Waals surface area contributed by atoms with Crippen molar-refractivity contribution in [3.05, 3.63) is 45.8 Å². The minimum atomic E-state index is -0.569. The Morgan fingerprint density at radius 1 is 1.23 bits per heavy atom. The number of hydrogen-bond donors (Lipinski definition) is 0. The number of anilines is 1. The maximum Gasteiger partial charge on any atom is 0.263 e. The first-order chi connectivity index (χ1) is 12.4. The lowest BCUT2D eigenvalue weighted by molar-refractivity contribution is -0.138. The minimum absolute atomic E-state index is 0.0228. The molecule has 138 valence electrons. The van der Waals surface area contributed by atoms with Crippen molar-refractivity contribution in [2.45, 2.75) is 20.0 Å². The van der Waals surface area contributed by atoms with Crippen molar-refractivity contribution in [2.24, 2.45) is 0 Å². The van der Waals surface area contributed by atoms with Gasteiger partial charge < -0.3 is 14.5 Å². The molecule has 26 heavy (non-hydrogen) atoms. The average Bonchev–Trinajstić information content (AvgIpc) is 2.63. The largest absolute Gasteiger partial charge is 0.480 e. The van der Waals surface area contributed by atoms with Crippen LogP contribution >= 0.6 is 27.5 Å². The third-order valence-corrected chi connectivity index (χ3v) is 5.10. The second-order valence-corrected chi connectivity index (χ2v) is 7.46. The molecular weight excluding hydrogens is 420 g/mol. The van der Waals surface area contributed by atoms with Gasteiger partial charge in [-0.05, 0) is 48.0 Å². The lowest BCUT2D eigenvalue weighted by atomic mass is 10.2. The summed E-state index contributed by atoms with van der Waals surface area (Å²) in [6.07, 6.45) is 1.00. The fourth-order valence-electron chi connectivity index (χ4n) is 2.84. The Kier molecular flexibility index (Phi) is 5.98. The summed E-state index contributed by atoms with van der Waals surface area (Å²) in [4.78, 5) is 25.1. The molecule has 2 aromatic rings. The zero-order valence-electron chi connectivity index (χ0n) is 14.7. The predicted molar refractivity (Wildman–Crippen MR) is 105 cm³/mol. The van der Waals surface area contributed by atoms with Gasteiger partial charge in [-0.2, -0.15) is 0 Å². The van der Waals surface area contributed by atoms with Crippen molar-refractivity contribution < 1.29 is 9.53 Å². The van der Waals surface area contributed by atoms with Gasteiger partial charge in [0.15, 0.2) is 6.10 Å². The van der Waals surface area contributed by atoms with Crippen LogP contribution in [0.25, 0.3) is 0 Å². The van der Waals surface area contributed by atoms with E-state index in [1.807, 2.05) is 17.9 Å². The smallest absolute Gasteiger partial charge is 0.263 e. The van der Waals surface area contributed by atoms with Gasteiger partial charge in [0.1, 0.15) is 17.9 Å². The minimum Gasteiger partial charge on any atom is -0.480 e. The molecule has 1 amide bonds. The normalized spacial score (nSPS) is 15.7. The number of rotatable bonds is 4. The molecule has 1 saturated heterocycles. The van der Waals surface area contributed by atoms with Crippen molar-refractivity contribution in [1.82, 2.24) is 14.9 Å². The Morgan fingerprint density at radius 3 is 2.62 bits per heavy atom. The van der Waals surface area contributed by atoms with E-state index in [1.54, 1.807) is 31.5 Å². The Hall–Kier alpha value is -1.86. The van der Waals surface area contributed by atoms with Crippen LogP contribution < -0.4 is 9.64 Å². The molecule has 0 aliphatic carbocycles. The van der Waals surface area contributed by atoms with Gasteiger partial charge >= 0.3 is 0 Å². The van der Waals surface area contributed by atoms with Crippen LogP contribution in [0.1, 0.15) is 12.6 Å². The number of nitrogens with zero attached hydrogens (tertiary/aromatic N) is 4. The standard InChI is InChI=1S/C18H20BrClN4O2/c1-12-9-17(22-11-21-12)23-5-7-24(8-6-23)18(25)13(2)26-16-4-3-14(20)10-15(16)19/h3-4,9-11,13H,5-8H2,1-2H3. The van der Waals surface area contributed by atoms with Gasteiger partial charge in [-0.25, -0.2) is 9.97 Å². The topological polar surface area (TPSA) is 58.6 Å². The molecule has 0 bridgehead atoms. The summed E-state index contributed by atoms with van der Waals surface area (Å²) in [6.45, 7) is 6.45. The molecule has 0 spiro atoms. The molecule has 1 aromatic heterocycles. The monoisotopic (exact) mass is 438 g/mol. The molecule has 1 fully saturated rings. The first-order valence-electron chi connectivity index (χ1n) is 8.38. The van der Waals surface area contributed by atoms with Crippen LogP contribution in [-0.2, 0) is 4.79 Å². The maximum absolute atomic E-state index is 12.7. The molecule has 1 aliphatic heterocycles. The summed E-state index contributed by atoms with van der Waals surface area (Å²) >= 11 is 9.34. The Balaban J connectivity index is 1.57. The van der Waals surface area contributed by atoms with Gasteiger partial charge in [-0.1, -0.05) is 11.6 Å². The number of aromatic nitrogens is 2. The van der Waals surface area contributed by atoms with E-state index in [0.717, 1.165) is 29.1 Å². The Morgan fingerprint density at radius 2 is 1.96 bits per heavy atom. The number of carbonyl (C=O) groups is 1. The maximum atomic E-state index is 12.7. The first kappa shape index (κ1) is 18.9. The summed E-state index contributed by atoms with van der Waals surface area (Å²) < 4.78 is 6.54. The second-order valence-electron chi connectivity index (χ2n) is 6.16. The average molecular weight is 440 g/mol. The molecule has 1 atom stereocenters. The lowest BCUT2D eigenvalue weighted by Crippen LogP contribution is -2.52. The van der Waals surface area contributed by atoms with Crippen LogP contribution in [-0.4, -0.2) is 53.1 Å². The van der Waals surface area contributed by atoms with E-state index in [-0.39, 0.29) is 5.91 Å². The zero-order valence-corrected chi connectivity index (χ0v) is 17.0. The number of carbonyl (C=O) groups excluding carboxylic acids is 1. The van der Waals surface area contributed by atoms with Crippen LogP contribution in [0.5, 0.6) is 5.75 Å². The third kappa shape index (κ3) is 4.45. The number of piperazine rings is 1. The third-order valence-electron chi connectivity index (χ3n) is 4.25. The van der Waals surface area contributed by atoms with Gasteiger partial charge in [0.05, 0.1) is 4.47 Å². The molecule has 6 nitrogen and oxygen atoms in total. The summed E-state index contributed by atoms with van der Waals surface area (Å²) in [6, 6.07) is 7.20. The van der Waals surface area contributed by atoms with Crippen molar-refractivity contribution in [2.75, 3.05) is 31.1 Å². The summed E-state index contributed by atoms with van der Waals surface area (Å²) in [5, 5.41) is 0.610. The SMILES string of the molecule is Cc1cc(N2CCN(C(=O)C(C)Oc3ccc(Cl)cc3Br)CC2)ncn1. The van der Waals surface area contributed by atoms with Crippen LogP contribution in [0.2, 0.25) is 5.02 Å². The van der Waals surface area contributed by atoms with E-state index in [2.05, 4.69) is 30.8 Å². The number of ether oxygens (including phenoxy) is 1. The highest BCUT2D eigenvalue weighted by Gasteiger charge is 2.27. The molecule has 1 unspecified atom stereocenters. The van der Waals surface area contributed by atoms with Crippen molar-refractivity contribution in [1.29, 1.82) is 0 Å². The van der Waals surface area contributed by atoms with E-state index in [9.17, 15) is 4.79 Å². The molecule has 1 aromatic carbocycles. The molecule has 0 N–H and O–H groups in total. The van der Waals surface area contributed by atoms with Gasteiger partial charge in [0, 0.05) is 43.0 Å². The summed E-state index contributed by atoms with van der Waals surface area (Å²) in [7, 11) is 0. The van der Waals surface area contributed by atoms with E-state index >= 15 is 0 Å². The Labute approximate surface area is 166 Å². The van der Waals surface area contributed by atoms with Crippen LogP contribution in [0.3, 0.4) is 0 Å². The molecule has 1 aliphatic rings. The van der Waals surface area contributed by atoms with E-state index < -0.39 is 6.10 Å². The number of halogens is 2. The molecular formula is C18H20BrClN4O2. The van der Waals surface area contributed by atoms with Crippen LogP contribution in [0.15, 0.2) is 35.1 Å². The number of aryl methyl sites for hydroxylation is 1. The lowest BCUT2D eigenvalue weighted by Gasteiger charge is -2.36. The second kappa shape index (κ2) is 8.22. The number of benzene rings is 1. The summed E-state index contributed by atoms with van der Waals surface area (Å²) in [5.74, 6) is 1.48. The van der Waals surface area contributed by atoms with E-state index in [4.69, 9.17) is 16.3 Å². The number of hydrogen-bond acceptors (Lipinski definition) is 5. The summed E-state index contributed by atoms with van der Waals surface area (Å²) in [5.41, 5.74) is 0.934. The van der Waals surface area contributed by atoms with Gasteiger partial charge in [0.2, 0.25) is 0 Å². The highest BCUT2D eigenvalue weighted by Crippen LogP contribution is 2.29. The molecule has 0 radical (unpaired) electrons. The quantitative estimate of drug-likeness (QED) is 0.731. The van der Waals surface area contributed by atoms with Crippen LogP contribution in [0, 0.1) is 6.92 Å². The predicted octanol–water partition coefficient (Wildman–Crippen LogP) is 3.32. The molecule has 8 heteroatoms. The molecule has 3 rings (SSSR count). The van der Waals surface area contributed by atoms with E-state index in [0.29, 0.717) is 23.9 Å². The van der Waals surface area contributed by atoms with Crippen molar-refractivity contribution in [3.8, 4) is 5.75 Å². The van der Waals surface area contributed by atoms with Gasteiger partial charge in [-0.15, -0.1) is 0 Å². The van der Waals surface area contributed by atoms with E-state index in [1.165, 1.54) is 0 Å². The highest BCUT2D eigenvalue weighted by atomic mass is 79.9.